The molecule has 2 fully saturated rings. The summed E-state index contributed by atoms with van der Waals surface area (Å²) in [6.45, 7) is 0.132. The summed E-state index contributed by atoms with van der Waals surface area (Å²) in [7, 11) is 0. The zero-order valence-corrected chi connectivity index (χ0v) is 17.2. The Morgan fingerprint density at radius 1 is 0.933 bits per heavy atom. The van der Waals surface area contributed by atoms with Gasteiger partial charge in [-0.15, -0.1) is 0 Å². The van der Waals surface area contributed by atoms with Crippen molar-refractivity contribution in [2.75, 3.05) is 16.3 Å². The second kappa shape index (κ2) is 8.08. The molecule has 154 valence electrons. The quantitative estimate of drug-likeness (QED) is 0.406. The molecule has 2 heterocycles. The summed E-state index contributed by atoms with van der Waals surface area (Å²) in [5.74, 6) is -1.71. The highest BCUT2D eigenvalue weighted by molar-refractivity contribution is 6.44. The number of hydrogen-bond donors (Lipinski definition) is 0. The van der Waals surface area contributed by atoms with Crippen LogP contribution in [-0.4, -0.2) is 30.2 Å². The van der Waals surface area contributed by atoms with Gasteiger partial charge in [-0.2, -0.15) is 0 Å². The lowest BCUT2D eigenvalue weighted by molar-refractivity contribution is -0.139. The molecule has 30 heavy (non-hydrogen) atoms. The lowest BCUT2D eigenvalue weighted by atomic mass is 10.1. The van der Waals surface area contributed by atoms with Gasteiger partial charge in [0.05, 0.1) is 27.3 Å². The molecule has 0 N–H and O–H groups in total. The van der Waals surface area contributed by atoms with Crippen molar-refractivity contribution >= 4 is 58.3 Å². The van der Waals surface area contributed by atoms with Crippen LogP contribution in [0.3, 0.4) is 0 Å². The molecule has 2 aliphatic heterocycles. The maximum atomic E-state index is 12.6. The minimum atomic E-state index is -0.658. The highest BCUT2D eigenvalue weighted by Gasteiger charge is 2.37. The number of esters is 1. The number of rotatable bonds is 4. The van der Waals surface area contributed by atoms with E-state index < -0.39 is 11.9 Å². The fourth-order valence-corrected chi connectivity index (χ4v) is 3.92. The van der Waals surface area contributed by atoms with E-state index in [4.69, 9.17) is 27.9 Å². The largest absolute Gasteiger partial charge is 0.426 e. The Hall–Kier alpha value is -2.90. The summed E-state index contributed by atoms with van der Waals surface area (Å²) in [4.78, 5) is 51.1. The van der Waals surface area contributed by atoms with Gasteiger partial charge >= 0.3 is 5.97 Å². The van der Waals surface area contributed by atoms with Crippen LogP contribution in [0.2, 0.25) is 10.0 Å². The van der Waals surface area contributed by atoms with E-state index in [1.807, 2.05) is 0 Å². The van der Waals surface area contributed by atoms with Crippen LogP contribution in [0.25, 0.3) is 0 Å². The van der Waals surface area contributed by atoms with Gasteiger partial charge in [-0.1, -0.05) is 29.3 Å². The Bertz CT molecular complexity index is 1040. The molecule has 0 bridgehead atoms. The van der Waals surface area contributed by atoms with Gasteiger partial charge in [0.1, 0.15) is 5.75 Å². The van der Waals surface area contributed by atoms with E-state index in [1.54, 1.807) is 30.3 Å². The predicted molar refractivity (Wildman–Crippen MR) is 111 cm³/mol. The van der Waals surface area contributed by atoms with Crippen LogP contribution < -0.4 is 14.5 Å². The number of halogens is 2. The van der Waals surface area contributed by atoms with Gasteiger partial charge in [0.2, 0.25) is 17.7 Å². The number of hydrogen-bond acceptors (Lipinski definition) is 5. The monoisotopic (exact) mass is 446 g/mol. The molecule has 2 aromatic carbocycles. The Morgan fingerprint density at radius 2 is 1.60 bits per heavy atom. The average molecular weight is 447 g/mol. The predicted octanol–water partition coefficient (Wildman–Crippen LogP) is 3.61. The van der Waals surface area contributed by atoms with Gasteiger partial charge in [0.15, 0.2) is 0 Å². The molecule has 3 amide bonds. The fourth-order valence-electron chi connectivity index (χ4n) is 3.53. The van der Waals surface area contributed by atoms with E-state index in [0.717, 1.165) is 4.90 Å². The van der Waals surface area contributed by atoms with Crippen LogP contribution >= 0.6 is 23.2 Å². The zero-order chi connectivity index (χ0) is 21.4. The summed E-state index contributed by atoms with van der Waals surface area (Å²) in [6.07, 6.45) is 0.382. The first-order valence-electron chi connectivity index (χ1n) is 9.27. The molecule has 0 aromatic heterocycles. The zero-order valence-electron chi connectivity index (χ0n) is 15.6. The van der Waals surface area contributed by atoms with Crippen molar-refractivity contribution < 1.29 is 23.9 Å². The molecule has 2 aliphatic rings. The number of imide groups is 1. The van der Waals surface area contributed by atoms with E-state index in [9.17, 15) is 19.2 Å². The first-order valence-corrected chi connectivity index (χ1v) is 10.0. The summed E-state index contributed by atoms with van der Waals surface area (Å²) in [5, 5.41) is 0.575. The number of carbonyl (C=O) groups is 4. The summed E-state index contributed by atoms with van der Waals surface area (Å²) < 4.78 is 5.39. The fraction of sp³-hybridized carbons (Fsp3) is 0.238. The Balaban J connectivity index is 1.43. The maximum Gasteiger partial charge on any atom is 0.316 e. The Morgan fingerprint density at radius 3 is 2.27 bits per heavy atom. The van der Waals surface area contributed by atoms with Gasteiger partial charge in [0.25, 0.3) is 0 Å². The van der Waals surface area contributed by atoms with Crippen molar-refractivity contribution in [2.24, 2.45) is 5.92 Å². The van der Waals surface area contributed by atoms with Gasteiger partial charge in [-0.25, -0.2) is 0 Å². The second-order valence-electron chi connectivity index (χ2n) is 7.02. The van der Waals surface area contributed by atoms with E-state index in [0.29, 0.717) is 16.4 Å². The van der Waals surface area contributed by atoms with Crippen molar-refractivity contribution in [1.29, 1.82) is 0 Å². The third-order valence-electron chi connectivity index (χ3n) is 5.05. The second-order valence-corrected chi connectivity index (χ2v) is 7.80. The number of nitrogens with zero attached hydrogens (tertiary/aromatic N) is 2. The minimum Gasteiger partial charge on any atom is -0.426 e. The normalized spacial score (nSPS) is 19.0. The first-order chi connectivity index (χ1) is 14.3. The van der Waals surface area contributed by atoms with Crippen molar-refractivity contribution in [3.63, 3.8) is 0 Å². The summed E-state index contributed by atoms with van der Waals surface area (Å²) >= 11 is 12.2. The minimum absolute atomic E-state index is 0.00343. The van der Waals surface area contributed by atoms with Crippen molar-refractivity contribution in [3.8, 4) is 5.75 Å². The van der Waals surface area contributed by atoms with Crippen LogP contribution in [0.5, 0.6) is 5.75 Å². The van der Waals surface area contributed by atoms with Crippen LogP contribution in [0.15, 0.2) is 42.5 Å². The van der Waals surface area contributed by atoms with Gasteiger partial charge in [0, 0.05) is 25.8 Å². The molecule has 1 atom stereocenters. The van der Waals surface area contributed by atoms with Crippen LogP contribution in [0.1, 0.15) is 19.3 Å². The molecular formula is C21H16Cl2N2O5. The first kappa shape index (κ1) is 20.4. The molecule has 0 saturated carbocycles. The van der Waals surface area contributed by atoms with E-state index in [-0.39, 0.29) is 54.3 Å². The lowest BCUT2D eigenvalue weighted by Crippen LogP contribution is -2.28. The molecule has 7 nitrogen and oxygen atoms in total. The molecule has 4 rings (SSSR count). The van der Waals surface area contributed by atoms with E-state index >= 15 is 0 Å². The SMILES string of the molecule is O=C(Oc1ccc(N2C(=O)CCC2=O)cc1)[C@@H]1CC(=O)N(c2cccc(Cl)c2Cl)C1. The lowest BCUT2D eigenvalue weighted by Gasteiger charge is -2.18. The van der Waals surface area contributed by atoms with Crippen LogP contribution in [0.4, 0.5) is 11.4 Å². The molecule has 2 saturated heterocycles. The third-order valence-corrected chi connectivity index (χ3v) is 5.85. The van der Waals surface area contributed by atoms with Crippen LogP contribution in [-0.2, 0) is 19.2 Å². The highest BCUT2D eigenvalue weighted by atomic mass is 35.5. The van der Waals surface area contributed by atoms with Crippen molar-refractivity contribution in [1.82, 2.24) is 0 Å². The van der Waals surface area contributed by atoms with Gasteiger partial charge in [-0.05, 0) is 36.4 Å². The molecule has 0 unspecified atom stereocenters. The molecular weight excluding hydrogens is 431 g/mol. The van der Waals surface area contributed by atoms with Crippen molar-refractivity contribution in [2.45, 2.75) is 19.3 Å². The Labute approximate surface area is 182 Å². The molecule has 0 radical (unpaired) electrons. The molecule has 0 spiro atoms. The molecule has 9 heteroatoms. The summed E-state index contributed by atoms with van der Waals surface area (Å²) in [6, 6.07) is 11.1. The van der Waals surface area contributed by atoms with Crippen LogP contribution in [0, 0.1) is 5.92 Å². The van der Waals surface area contributed by atoms with E-state index in [1.165, 1.54) is 17.0 Å². The maximum absolute atomic E-state index is 12.6. The topological polar surface area (TPSA) is 84.0 Å². The average Bonchev–Trinajstić information content (AvgIpc) is 3.27. The number of carbonyl (C=O) groups excluding carboxylic acids is 4. The van der Waals surface area contributed by atoms with E-state index in [2.05, 4.69) is 0 Å². The number of amides is 3. The Kier molecular flexibility index (Phi) is 5.49. The smallest absolute Gasteiger partial charge is 0.316 e. The van der Waals surface area contributed by atoms with Crippen molar-refractivity contribution in [3.05, 3.63) is 52.5 Å². The number of ether oxygens (including phenoxy) is 1. The molecule has 0 aliphatic carbocycles. The standard InChI is InChI=1S/C21H16Cl2N2O5/c22-15-2-1-3-16(20(15)23)24-11-12(10-19(24)28)21(29)30-14-6-4-13(5-7-14)25-17(26)8-9-18(25)27/h1-7,12H,8-11H2/t12-/m1/s1. The molecule has 2 aromatic rings. The third kappa shape index (κ3) is 3.78. The van der Waals surface area contributed by atoms with Gasteiger partial charge in [-0.3, -0.25) is 24.1 Å². The summed E-state index contributed by atoms with van der Waals surface area (Å²) in [5.41, 5.74) is 0.883. The number of anilines is 2. The van der Waals surface area contributed by atoms with Gasteiger partial charge < -0.3 is 9.64 Å². The highest BCUT2D eigenvalue weighted by Crippen LogP contribution is 2.36. The number of benzene rings is 2.